The summed E-state index contributed by atoms with van der Waals surface area (Å²) in [6, 6.07) is 0. The molecule has 0 aromatic carbocycles. The Labute approximate surface area is 120 Å². The van der Waals surface area contributed by atoms with Crippen LogP contribution in [0.5, 0.6) is 0 Å². The molecule has 0 radical (unpaired) electrons. The van der Waals surface area contributed by atoms with Crippen molar-refractivity contribution in [3.05, 3.63) is 0 Å². The fraction of sp³-hybridized carbons (Fsp3) is 1.00. The molecule has 0 aliphatic heterocycles. The number of hydrogen-bond acceptors (Lipinski definition) is 1. The van der Waals surface area contributed by atoms with Crippen molar-refractivity contribution in [1.29, 1.82) is 0 Å². The minimum absolute atomic E-state index is 0.140. The van der Waals surface area contributed by atoms with E-state index >= 15 is 0 Å². The second kappa shape index (κ2) is 8.97. The van der Waals surface area contributed by atoms with Crippen molar-refractivity contribution in [3.8, 4) is 0 Å². The Kier molecular flexibility index (Phi) is 9.48. The monoisotopic (exact) mass is 314 g/mol. The molecule has 0 aromatic heterocycles. The third-order valence-electron chi connectivity index (χ3n) is 2.88. The lowest BCUT2D eigenvalue weighted by Gasteiger charge is -2.31. The Morgan fingerprint density at radius 2 is 1.76 bits per heavy atom. The predicted octanol–water partition coefficient (Wildman–Crippen LogP) is 4.92. The summed E-state index contributed by atoms with van der Waals surface area (Å²) in [5.74, 6) is 0. The van der Waals surface area contributed by atoms with Crippen molar-refractivity contribution < 1.29 is 4.12 Å². The summed E-state index contributed by atoms with van der Waals surface area (Å²) in [6.07, 6.45) is 5.72. The van der Waals surface area contributed by atoms with Gasteiger partial charge in [0.1, 0.15) is 0 Å². The quantitative estimate of drug-likeness (QED) is 0.333. The van der Waals surface area contributed by atoms with Gasteiger partial charge in [-0.1, -0.05) is 26.2 Å². The van der Waals surface area contributed by atoms with Crippen LogP contribution < -0.4 is 0 Å². The summed E-state index contributed by atoms with van der Waals surface area (Å²) in [7, 11) is -2.73. The average molecular weight is 315 g/mol. The molecule has 17 heavy (non-hydrogen) atoms. The molecular formula is C12H28Cl2OSi2. The van der Waals surface area contributed by atoms with Gasteiger partial charge in [0.2, 0.25) is 0 Å². The Bertz CT molecular complexity index is 201. The largest absolute Gasteiger partial charge is 0.457 e. The van der Waals surface area contributed by atoms with Crippen molar-refractivity contribution in [2.75, 3.05) is 0 Å². The number of hydrogen-bond donors (Lipinski definition) is 0. The standard InChI is InChI=1S/C12H28Cl2OSi2/c1-6-7-8-9-11(13)10-12(14)17(4,5)15-16(2)3/h11-12,16H,6-10H2,1-5H3. The van der Waals surface area contributed by atoms with Gasteiger partial charge in [-0.2, -0.15) is 0 Å². The highest BCUT2D eigenvalue weighted by Crippen LogP contribution is 2.25. The van der Waals surface area contributed by atoms with Crippen LogP contribution in [-0.4, -0.2) is 27.7 Å². The molecule has 0 N–H and O–H groups in total. The van der Waals surface area contributed by atoms with Crippen LogP contribution in [0.1, 0.15) is 39.0 Å². The maximum absolute atomic E-state index is 6.50. The van der Waals surface area contributed by atoms with Crippen molar-refractivity contribution >= 4 is 40.6 Å². The third kappa shape index (κ3) is 8.65. The van der Waals surface area contributed by atoms with E-state index in [1.165, 1.54) is 19.3 Å². The first-order valence-corrected chi connectivity index (χ1v) is 13.4. The lowest BCUT2D eigenvalue weighted by molar-refractivity contribution is 0.549. The maximum Gasteiger partial charge on any atom is 0.191 e. The molecule has 0 amide bonds. The lowest BCUT2D eigenvalue weighted by atomic mass is 10.1. The predicted molar refractivity (Wildman–Crippen MR) is 85.5 cm³/mol. The Morgan fingerprint density at radius 3 is 2.24 bits per heavy atom. The van der Waals surface area contributed by atoms with Crippen LogP contribution in [0.3, 0.4) is 0 Å². The van der Waals surface area contributed by atoms with E-state index in [4.69, 9.17) is 27.3 Å². The Balaban J connectivity index is 4.00. The van der Waals surface area contributed by atoms with Gasteiger partial charge >= 0.3 is 0 Å². The molecule has 0 aliphatic carbocycles. The normalized spacial score (nSPS) is 16.2. The Hall–Kier alpha value is 0.974. The molecule has 2 atom stereocenters. The third-order valence-corrected chi connectivity index (χ3v) is 11.1. The molecule has 0 rings (SSSR count). The summed E-state index contributed by atoms with van der Waals surface area (Å²) in [5.41, 5.74) is 0. The SMILES string of the molecule is CCCCCC(Cl)CC(Cl)[Si](C)(C)O[SiH](C)C. The van der Waals surface area contributed by atoms with E-state index in [2.05, 4.69) is 33.1 Å². The molecule has 0 aliphatic rings. The van der Waals surface area contributed by atoms with Gasteiger partial charge in [0.25, 0.3) is 0 Å². The van der Waals surface area contributed by atoms with Crippen molar-refractivity contribution in [3.63, 3.8) is 0 Å². The van der Waals surface area contributed by atoms with Gasteiger partial charge in [-0.05, 0) is 39.0 Å². The van der Waals surface area contributed by atoms with E-state index < -0.39 is 17.4 Å². The maximum atomic E-state index is 6.50. The smallest absolute Gasteiger partial charge is 0.191 e. The molecule has 0 saturated heterocycles. The summed E-state index contributed by atoms with van der Waals surface area (Å²) in [6.45, 7) is 11.1. The molecule has 0 saturated carbocycles. The lowest BCUT2D eigenvalue weighted by Crippen LogP contribution is -2.45. The second-order valence-electron chi connectivity index (χ2n) is 5.57. The van der Waals surface area contributed by atoms with Gasteiger partial charge in [0.15, 0.2) is 17.4 Å². The first-order chi connectivity index (χ1) is 7.79. The highest BCUT2D eigenvalue weighted by Gasteiger charge is 2.34. The molecule has 1 nitrogen and oxygen atoms in total. The topological polar surface area (TPSA) is 9.23 Å². The van der Waals surface area contributed by atoms with Gasteiger partial charge in [-0.3, -0.25) is 0 Å². The van der Waals surface area contributed by atoms with Gasteiger partial charge in [0, 0.05) is 5.38 Å². The van der Waals surface area contributed by atoms with E-state index in [9.17, 15) is 0 Å². The zero-order chi connectivity index (χ0) is 13.5. The highest BCUT2D eigenvalue weighted by molar-refractivity contribution is 6.84. The van der Waals surface area contributed by atoms with E-state index in [0.29, 0.717) is 0 Å². The van der Waals surface area contributed by atoms with Crippen LogP contribution in [-0.2, 0) is 4.12 Å². The molecule has 0 aromatic rings. The molecule has 0 bridgehead atoms. The minimum atomic E-state index is -1.74. The van der Waals surface area contributed by atoms with Crippen molar-refractivity contribution in [1.82, 2.24) is 0 Å². The number of alkyl halides is 2. The van der Waals surface area contributed by atoms with Gasteiger partial charge in [-0.25, -0.2) is 0 Å². The second-order valence-corrected chi connectivity index (χ2v) is 14.0. The van der Waals surface area contributed by atoms with E-state index in [1.807, 2.05) is 0 Å². The fourth-order valence-electron chi connectivity index (χ4n) is 1.92. The van der Waals surface area contributed by atoms with Crippen LogP contribution >= 0.6 is 23.2 Å². The summed E-state index contributed by atoms with van der Waals surface area (Å²) in [5, 5.41) is 0.356. The van der Waals surface area contributed by atoms with E-state index in [0.717, 1.165) is 12.8 Å². The first-order valence-electron chi connectivity index (χ1n) is 6.75. The van der Waals surface area contributed by atoms with Crippen LogP contribution in [0.15, 0.2) is 0 Å². The van der Waals surface area contributed by atoms with Gasteiger partial charge in [0.05, 0.1) is 5.00 Å². The van der Waals surface area contributed by atoms with Gasteiger partial charge in [-0.15, -0.1) is 23.2 Å². The van der Waals surface area contributed by atoms with Crippen LogP contribution in [0, 0.1) is 0 Å². The van der Waals surface area contributed by atoms with E-state index in [-0.39, 0.29) is 10.4 Å². The summed E-state index contributed by atoms with van der Waals surface area (Å²) in [4.78, 5) is 0. The number of rotatable bonds is 9. The van der Waals surface area contributed by atoms with Crippen LogP contribution in [0.2, 0.25) is 26.2 Å². The van der Waals surface area contributed by atoms with Crippen molar-refractivity contribution in [2.45, 2.75) is 75.6 Å². The average Bonchev–Trinajstić information content (AvgIpc) is 2.15. The van der Waals surface area contributed by atoms with Crippen molar-refractivity contribution in [2.24, 2.45) is 0 Å². The molecular weight excluding hydrogens is 287 g/mol. The first kappa shape index (κ1) is 18.0. The van der Waals surface area contributed by atoms with E-state index in [1.54, 1.807) is 0 Å². The number of halogens is 2. The highest BCUT2D eigenvalue weighted by atomic mass is 35.5. The fourth-order valence-corrected chi connectivity index (χ4v) is 9.48. The van der Waals surface area contributed by atoms with Crippen LogP contribution in [0.4, 0.5) is 0 Å². The number of unbranched alkanes of at least 4 members (excludes halogenated alkanes) is 2. The van der Waals surface area contributed by atoms with Gasteiger partial charge < -0.3 is 4.12 Å². The zero-order valence-electron chi connectivity index (χ0n) is 11.9. The zero-order valence-corrected chi connectivity index (χ0v) is 15.6. The molecule has 0 fully saturated rings. The molecule has 0 heterocycles. The van der Waals surface area contributed by atoms with Crippen LogP contribution in [0.25, 0.3) is 0 Å². The summed E-state index contributed by atoms with van der Waals surface area (Å²) >= 11 is 12.8. The molecule has 2 unspecified atom stereocenters. The minimum Gasteiger partial charge on any atom is -0.457 e. The molecule has 0 spiro atoms. The summed E-state index contributed by atoms with van der Waals surface area (Å²) < 4.78 is 6.11. The Morgan fingerprint density at radius 1 is 1.18 bits per heavy atom. The molecule has 104 valence electrons. The molecule has 5 heteroatoms.